The van der Waals surface area contributed by atoms with E-state index in [1.807, 2.05) is 4.90 Å². The first-order valence-corrected chi connectivity index (χ1v) is 6.17. The van der Waals surface area contributed by atoms with Crippen molar-refractivity contribution in [3.63, 3.8) is 0 Å². The van der Waals surface area contributed by atoms with Crippen LogP contribution in [0.5, 0.6) is 0 Å². The smallest absolute Gasteiger partial charge is 0.257 e. The maximum Gasteiger partial charge on any atom is 0.257 e. The number of rotatable bonds is 1. The van der Waals surface area contributed by atoms with Gasteiger partial charge in [-0.1, -0.05) is 11.6 Å². The molecule has 5 heteroatoms. The second-order valence-electron chi connectivity index (χ2n) is 4.51. The molecule has 4 nitrogen and oxygen atoms in total. The van der Waals surface area contributed by atoms with E-state index >= 15 is 0 Å². The van der Waals surface area contributed by atoms with Crippen LogP contribution in [0.2, 0.25) is 5.15 Å². The van der Waals surface area contributed by atoms with E-state index in [2.05, 4.69) is 4.98 Å². The molecular formula is C12H13ClN2O2. The first-order chi connectivity index (χ1) is 8.24. The van der Waals surface area contributed by atoms with Crippen molar-refractivity contribution in [2.75, 3.05) is 13.1 Å². The van der Waals surface area contributed by atoms with Crippen molar-refractivity contribution in [3.8, 4) is 0 Å². The maximum atomic E-state index is 12.3. The van der Waals surface area contributed by atoms with Crippen LogP contribution < -0.4 is 0 Å². The van der Waals surface area contributed by atoms with Gasteiger partial charge in [0.15, 0.2) is 0 Å². The van der Waals surface area contributed by atoms with E-state index in [0.717, 1.165) is 12.8 Å². The molecule has 90 valence electrons. The molecule has 2 fully saturated rings. The first-order valence-electron chi connectivity index (χ1n) is 5.79. The van der Waals surface area contributed by atoms with Gasteiger partial charge < -0.3 is 9.64 Å². The molecule has 2 saturated heterocycles. The van der Waals surface area contributed by atoms with Crippen molar-refractivity contribution in [1.82, 2.24) is 9.88 Å². The standard InChI is InChI=1S/C12H13ClN2O2/c13-11-10(2-1-5-14-11)12(16)15-6-8-3-4-9(7-15)17-8/h1-2,5,8-9H,3-4,6-7H2. The zero-order valence-corrected chi connectivity index (χ0v) is 10.1. The van der Waals surface area contributed by atoms with Gasteiger partial charge in [0.1, 0.15) is 5.15 Å². The van der Waals surface area contributed by atoms with Gasteiger partial charge in [-0.05, 0) is 25.0 Å². The molecule has 3 heterocycles. The molecule has 1 aromatic heterocycles. The maximum absolute atomic E-state index is 12.3. The zero-order valence-electron chi connectivity index (χ0n) is 9.30. The Morgan fingerprint density at radius 1 is 1.41 bits per heavy atom. The minimum Gasteiger partial charge on any atom is -0.371 e. The Kier molecular flexibility index (Phi) is 2.76. The summed E-state index contributed by atoms with van der Waals surface area (Å²) in [5.74, 6) is -0.0386. The summed E-state index contributed by atoms with van der Waals surface area (Å²) in [7, 11) is 0. The number of nitrogens with zero attached hydrogens (tertiary/aromatic N) is 2. The van der Waals surface area contributed by atoms with Crippen LogP contribution in [0, 0.1) is 0 Å². The lowest BCUT2D eigenvalue weighted by molar-refractivity contribution is -0.0303. The third-order valence-electron chi connectivity index (χ3n) is 3.32. The van der Waals surface area contributed by atoms with Gasteiger partial charge in [0.2, 0.25) is 0 Å². The van der Waals surface area contributed by atoms with Crippen molar-refractivity contribution < 1.29 is 9.53 Å². The summed E-state index contributed by atoms with van der Waals surface area (Å²) in [5, 5.41) is 0.274. The molecule has 2 bridgehead atoms. The lowest BCUT2D eigenvalue weighted by Gasteiger charge is -2.32. The number of fused-ring (bicyclic) bond motifs is 2. The van der Waals surface area contributed by atoms with Crippen molar-refractivity contribution in [2.45, 2.75) is 25.0 Å². The molecule has 1 aromatic rings. The summed E-state index contributed by atoms with van der Waals surface area (Å²) in [4.78, 5) is 18.0. The monoisotopic (exact) mass is 252 g/mol. The van der Waals surface area contributed by atoms with Gasteiger partial charge in [-0.2, -0.15) is 0 Å². The number of carbonyl (C=O) groups excluding carboxylic acids is 1. The largest absolute Gasteiger partial charge is 0.371 e. The predicted molar refractivity (Wildman–Crippen MR) is 63.0 cm³/mol. The van der Waals surface area contributed by atoms with Crippen molar-refractivity contribution in [1.29, 1.82) is 0 Å². The van der Waals surface area contributed by atoms with Crippen LogP contribution in [-0.4, -0.2) is 41.1 Å². The highest BCUT2D eigenvalue weighted by atomic mass is 35.5. The molecule has 0 radical (unpaired) electrons. The van der Waals surface area contributed by atoms with Crippen LogP contribution in [0.4, 0.5) is 0 Å². The molecule has 2 aliphatic rings. The van der Waals surface area contributed by atoms with Gasteiger partial charge in [-0.25, -0.2) is 4.98 Å². The molecule has 2 unspecified atom stereocenters. The molecule has 0 N–H and O–H groups in total. The molecule has 0 saturated carbocycles. The molecular weight excluding hydrogens is 240 g/mol. The van der Waals surface area contributed by atoms with Crippen LogP contribution in [0.1, 0.15) is 23.2 Å². The SMILES string of the molecule is O=C(c1cccnc1Cl)N1CC2CCC(C1)O2. The van der Waals surface area contributed by atoms with Crippen LogP contribution in [0.3, 0.4) is 0 Å². The molecule has 0 aliphatic carbocycles. The van der Waals surface area contributed by atoms with Gasteiger partial charge in [-0.15, -0.1) is 0 Å². The summed E-state index contributed by atoms with van der Waals surface area (Å²) in [6.45, 7) is 1.33. The Morgan fingerprint density at radius 3 is 2.76 bits per heavy atom. The van der Waals surface area contributed by atoms with E-state index in [4.69, 9.17) is 16.3 Å². The van der Waals surface area contributed by atoms with Crippen molar-refractivity contribution in [3.05, 3.63) is 29.0 Å². The number of halogens is 1. The predicted octanol–water partition coefficient (Wildman–Crippen LogP) is 1.74. The highest BCUT2D eigenvalue weighted by Gasteiger charge is 2.36. The van der Waals surface area contributed by atoms with Gasteiger partial charge in [0, 0.05) is 19.3 Å². The molecule has 3 rings (SSSR count). The highest BCUT2D eigenvalue weighted by molar-refractivity contribution is 6.32. The third kappa shape index (κ3) is 2.03. The van der Waals surface area contributed by atoms with Gasteiger partial charge in [-0.3, -0.25) is 4.79 Å². The number of pyridine rings is 1. The molecule has 17 heavy (non-hydrogen) atoms. The van der Waals surface area contributed by atoms with Crippen LogP contribution >= 0.6 is 11.6 Å². The average molecular weight is 253 g/mol. The number of aromatic nitrogens is 1. The first kappa shape index (κ1) is 11.0. The second kappa shape index (κ2) is 4.27. The molecule has 2 atom stereocenters. The molecule has 0 spiro atoms. The highest BCUT2D eigenvalue weighted by Crippen LogP contribution is 2.27. The van der Waals surface area contributed by atoms with Gasteiger partial charge in [0.05, 0.1) is 17.8 Å². The summed E-state index contributed by atoms with van der Waals surface area (Å²) in [6, 6.07) is 3.45. The van der Waals surface area contributed by atoms with Crippen LogP contribution in [0.25, 0.3) is 0 Å². The van der Waals surface area contributed by atoms with E-state index in [0.29, 0.717) is 18.7 Å². The van der Waals surface area contributed by atoms with E-state index in [-0.39, 0.29) is 23.3 Å². The number of morpholine rings is 1. The fraction of sp³-hybridized carbons (Fsp3) is 0.500. The quantitative estimate of drug-likeness (QED) is 0.715. The number of hydrogen-bond acceptors (Lipinski definition) is 3. The molecule has 0 aromatic carbocycles. The van der Waals surface area contributed by atoms with E-state index in [1.54, 1.807) is 18.3 Å². The minimum absolute atomic E-state index is 0.0386. The Morgan fingerprint density at radius 2 is 2.12 bits per heavy atom. The number of amides is 1. The zero-order chi connectivity index (χ0) is 11.8. The lowest BCUT2D eigenvalue weighted by atomic mass is 10.2. The van der Waals surface area contributed by atoms with Crippen molar-refractivity contribution in [2.24, 2.45) is 0 Å². The minimum atomic E-state index is -0.0386. The molecule has 1 amide bonds. The van der Waals surface area contributed by atoms with Gasteiger partial charge >= 0.3 is 0 Å². The normalized spacial score (nSPS) is 27.2. The van der Waals surface area contributed by atoms with Crippen LogP contribution in [-0.2, 0) is 4.74 Å². The lowest BCUT2D eigenvalue weighted by Crippen LogP contribution is -2.45. The summed E-state index contributed by atoms with van der Waals surface area (Å²) in [6.07, 6.45) is 4.09. The topological polar surface area (TPSA) is 42.4 Å². The fourth-order valence-electron chi connectivity index (χ4n) is 2.50. The fourth-order valence-corrected chi connectivity index (χ4v) is 2.70. The average Bonchev–Trinajstić information content (AvgIpc) is 2.68. The Labute approximate surface area is 105 Å². The van der Waals surface area contributed by atoms with E-state index in [1.165, 1.54) is 0 Å². The number of ether oxygens (including phenoxy) is 1. The Hall–Kier alpha value is -1.13. The molecule has 2 aliphatic heterocycles. The Bertz CT molecular complexity index is 440. The number of hydrogen-bond donors (Lipinski definition) is 0. The Balaban J connectivity index is 1.81. The third-order valence-corrected chi connectivity index (χ3v) is 3.62. The summed E-state index contributed by atoms with van der Waals surface area (Å²) in [5.41, 5.74) is 0.482. The number of likely N-dealkylation sites (tertiary alicyclic amines) is 1. The van der Waals surface area contributed by atoms with E-state index < -0.39 is 0 Å². The number of carbonyl (C=O) groups is 1. The van der Waals surface area contributed by atoms with Crippen molar-refractivity contribution >= 4 is 17.5 Å². The van der Waals surface area contributed by atoms with E-state index in [9.17, 15) is 4.79 Å². The second-order valence-corrected chi connectivity index (χ2v) is 4.87. The summed E-state index contributed by atoms with van der Waals surface area (Å²) < 4.78 is 5.70. The summed E-state index contributed by atoms with van der Waals surface area (Å²) >= 11 is 5.94. The van der Waals surface area contributed by atoms with Gasteiger partial charge in [0.25, 0.3) is 5.91 Å². The van der Waals surface area contributed by atoms with Crippen LogP contribution in [0.15, 0.2) is 18.3 Å².